The van der Waals surface area contributed by atoms with Crippen molar-refractivity contribution in [3.05, 3.63) is 32.1 Å². The van der Waals surface area contributed by atoms with Gasteiger partial charge in [-0.1, -0.05) is 12.8 Å². The summed E-state index contributed by atoms with van der Waals surface area (Å²) in [5.74, 6) is -0.0394. The summed E-state index contributed by atoms with van der Waals surface area (Å²) in [5, 5.41) is 0. The average molecular weight is 345 g/mol. The zero-order valence-electron chi connectivity index (χ0n) is 14.5. The van der Waals surface area contributed by atoms with Gasteiger partial charge >= 0.3 is 5.69 Å². The molecule has 2 saturated carbocycles. The van der Waals surface area contributed by atoms with Crippen molar-refractivity contribution in [2.45, 2.75) is 64.0 Å². The van der Waals surface area contributed by atoms with Crippen LogP contribution in [-0.4, -0.2) is 31.9 Å². The number of hydrogen-bond acceptors (Lipinski definition) is 4. The second kappa shape index (κ2) is 5.97. The van der Waals surface area contributed by atoms with Gasteiger partial charge in [-0.25, -0.2) is 4.79 Å². The van der Waals surface area contributed by atoms with Crippen LogP contribution in [-0.2, 0) is 24.8 Å². The molecule has 7 nitrogen and oxygen atoms in total. The number of imide groups is 1. The molecule has 2 aliphatic carbocycles. The third kappa shape index (κ3) is 2.65. The molecule has 0 aromatic carbocycles. The first-order valence-corrected chi connectivity index (χ1v) is 9.18. The summed E-state index contributed by atoms with van der Waals surface area (Å²) in [6, 6.07) is -0.0766. The molecule has 2 amide bonds. The number of amides is 2. The summed E-state index contributed by atoms with van der Waals surface area (Å²) in [6.45, 7) is 0.421. The molecular weight excluding hydrogens is 322 g/mol. The summed E-state index contributed by atoms with van der Waals surface area (Å²) < 4.78 is 2.45. The Labute approximate surface area is 145 Å². The van der Waals surface area contributed by atoms with Crippen molar-refractivity contribution in [1.82, 2.24) is 14.0 Å². The number of nitrogens with zero attached hydrogens (tertiary/aromatic N) is 3. The first kappa shape index (κ1) is 16.3. The molecule has 0 unspecified atom stereocenters. The van der Waals surface area contributed by atoms with Gasteiger partial charge in [0.25, 0.3) is 11.5 Å². The van der Waals surface area contributed by atoms with Gasteiger partial charge in [-0.05, 0) is 38.0 Å². The summed E-state index contributed by atoms with van der Waals surface area (Å²) in [7, 11) is 1.41. The Hall–Kier alpha value is -2.18. The van der Waals surface area contributed by atoms with Crippen LogP contribution in [0, 0.1) is 5.92 Å². The normalized spacial score (nSPS) is 20.6. The summed E-state index contributed by atoms with van der Waals surface area (Å²) in [5.41, 5.74) is -0.654. The van der Waals surface area contributed by atoms with E-state index in [1.807, 2.05) is 0 Å². The van der Waals surface area contributed by atoms with Crippen LogP contribution < -0.4 is 11.2 Å². The maximum Gasteiger partial charge on any atom is 0.331 e. The molecule has 0 spiro atoms. The molecule has 4 rings (SSSR count). The van der Waals surface area contributed by atoms with Gasteiger partial charge in [0.05, 0.1) is 12.0 Å². The van der Waals surface area contributed by atoms with E-state index in [4.69, 9.17) is 0 Å². The van der Waals surface area contributed by atoms with Crippen LogP contribution >= 0.6 is 0 Å². The Kier molecular flexibility index (Phi) is 3.89. The van der Waals surface area contributed by atoms with Gasteiger partial charge in [0.15, 0.2) is 0 Å². The number of carbonyl (C=O) groups is 2. The largest absolute Gasteiger partial charge is 0.331 e. The highest BCUT2D eigenvalue weighted by atomic mass is 16.2. The Morgan fingerprint density at radius 2 is 1.76 bits per heavy atom. The predicted molar refractivity (Wildman–Crippen MR) is 90.4 cm³/mol. The van der Waals surface area contributed by atoms with E-state index in [1.165, 1.54) is 29.4 Å². The zero-order chi connectivity index (χ0) is 17.7. The van der Waals surface area contributed by atoms with E-state index in [0.29, 0.717) is 6.54 Å². The minimum absolute atomic E-state index is 0.0766. The molecule has 25 heavy (non-hydrogen) atoms. The molecule has 1 aromatic heterocycles. The highest BCUT2D eigenvalue weighted by Crippen LogP contribution is 2.34. The van der Waals surface area contributed by atoms with Crippen molar-refractivity contribution in [2.24, 2.45) is 13.0 Å². The molecule has 134 valence electrons. The third-order valence-corrected chi connectivity index (χ3v) is 5.79. The van der Waals surface area contributed by atoms with Crippen LogP contribution in [0.4, 0.5) is 0 Å². The lowest BCUT2D eigenvalue weighted by molar-refractivity contribution is -0.131. The van der Waals surface area contributed by atoms with Crippen LogP contribution in [0.5, 0.6) is 0 Å². The molecule has 0 N–H and O–H groups in total. The fraction of sp³-hybridized carbons (Fsp3) is 0.667. The number of hydrogen-bond donors (Lipinski definition) is 0. The molecule has 1 aromatic rings. The number of fused-ring (bicyclic) bond motifs is 1. The number of aromatic nitrogens is 2. The lowest BCUT2D eigenvalue weighted by Gasteiger charge is -2.38. The van der Waals surface area contributed by atoms with E-state index in [1.54, 1.807) is 0 Å². The van der Waals surface area contributed by atoms with Crippen molar-refractivity contribution in [2.75, 3.05) is 0 Å². The monoisotopic (exact) mass is 345 g/mol. The van der Waals surface area contributed by atoms with Crippen molar-refractivity contribution < 1.29 is 9.59 Å². The van der Waals surface area contributed by atoms with Crippen LogP contribution in [0.25, 0.3) is 0 Å². The molecule has 7 heteroatoms. The van der Waals surface area contributed by atoms with Gasteiger partial charge in [-0.2, -0.15) is 0 Å². The molecule has 0 radical (unpaired) electrons. The first-order valence-electron chi connectivity index (χ1n) is 9.18. The SMILES string of the molecule is Cn1c(=O)c2c(n(CCCC3CC3)c1=O)C(=O)N(C1CCC1)C(=O)C2. The predicted octanol–water partition coefficient (Wildman–Crippen LogP) is 0.815. The molecule has 2 heterocycles. The van der Waals surface area contributed by atoms with E-state index in [9.17, 15) is 19.2 Å². The third-order valence-electron chi connectivity index (χ3n) is 5.79. The molecule has 0 bridgehead atoms. The highest BCUT2D eigenvalue weighted by Gasteiger charge is 2.41. The molecule has 0 saturated heterocycles. The van der Waals surface area contributed by atoms with E-state index in [-0.39, 0.29) is 29.6 Å². The lowest BCUT2D eigenvalue weighted by atomic mass is 9.89. The Morgan fingerprint density at radius 3 is 2.36 bits per heavy atom. The Balaban J connectivity index is 1.76. The quantitative estimate of drug-likeness (QED) is 0.740. The smallest absolute Gasteiger partial charge is 0.288 e. The number of carbonyl (C=O) groups excluding carboxylic acids is 2. The van der Waals surface area contributed by atoms with Crippen LogP contribution in [0.1, 0.15) is 61.0 Å². The Morgan fingerprint density at radius 1 is 1.04 bits per heavy atom. The van der Waals surface area contributed by atoms with E-state index in [0.717, 1.165) is 42.6 Å². The van der Waals surface area contributed by atoms with Crippen LogP contribution in [0.2, 0.25) is 0 Å². The van der Waals surface area contributed by atoms with Gasteiger partial charge in [0, 0.05) is 19.6 Å². The Bertz CT molecular complexity index is 858. The van der Waals surface area contributed by atoms with Gasteiger partial charge < -0.3 is 0 Å². The van der Waals surface area contributed by atoms with Crippen LogP contribution in [0.3, 0.4) is 0 Å². The highest BCUT2D eigenvalue weighted by molar-refractivity contribution is 6.09. The number of rotatable bonds is 5. The minimum atomic E-state index is -0.520. The molecule has 1 aliphatic heterocycles. The molecule has 2 fully saturated rings. The van der Waals surface area contributed by atoms with Crippen molar-refractivity contribution in [3.8, 4) is 0 Å². The fourth-order valence-corrected chi connectivity index (χ4v) is 3.86. The second-order valence-corrected chi connectivity index (χ2v) is 7.54. The van der Waals surface area contributed by atoms with Gasteiger partial charge in [-0.3, -0.25) is 28.4 Å². The fourth-order valence-electron chi connectivity index (χ4n) is 3.86. The van der Waals surface area contributed by atoms with Crippen molar-refractivity contribution in [1.29, 1.82) is 0 Å². The summed E-state index contributed by atoms with van der Waals surface area (Å²) in [6.07, 6.45) is 6.84. The molecular formula is C18H23N3O4. The minimum Gasteiger partial charge on any atom is -0.288 e. The zero-order valence-corrected chi connectivity index (χ0v) is 14.5. The summed E-state index contributed by atoms with van der Waals surface area (Å²) >= 11 is 0. The second-order valence-electron chi connectivity index (χ2n) is 7.54. The van der Waals surface area contributed by atoms with Crippen LogP contribution in [0.15, 0.2) is 9.59 Å². The average Bonchev–Trinajstić information content (AvgIpc) is 3.35. The van der Waals surface area contributed by atoms with Gasteiger partial charge in [0.2, 0.25) is 5.91 Å². The van der Waals surface area contributed by atoms with Gasteiger partial charge in [0.1, 0.15) is 5.69 Å². The van der Waals surface area contributed by atoms with E-state index >= 15 is 0 Å². The topological polar surface area (TPSA) is 81.4 Å². The molecule has 3 aliphatic rings. The maximum absolute atomic E-state index is 13.0. The van der Waals surface area contributed by atoms with Gasteiger partial charge in [-0.15, -0.1) is 0 Å². The first-order chi connectivity index (χ1) is 12.0. The van der Waals surface area contributed by atoms with Crippen molar-refractivity contribution >= 4 is 11.8 Å². The standard InChI is InChI=1S/C18H23N3O4/c1-19-16(23)13-10-14(22)21(12-5-2-6-12)17(24)15(13)20(18(19)25)9-3-4-11-7-8-11/h11-12H,2-10H2,1H3. The maximum atomic E-state index is 13.0. The summed E-state index contributed by atoms with van der Waals surface area (Å²) in [4.78, 5) is 51.8. The van der Waals surface area contributed by atoms with E-state index < -0.39 is 17.2 Å². The van der Waals surface area contributed by atoms with Crippen molar-refractivity contribution in [3.63, 3.8) is 0 Å². The lowest BCUT2D eigenvalue weighted by Crippen LogP contribution is -2.56. The van der Waals surface area contributed by atoms with E-state index in [2.05, 4.69) is 0 Å². The molecule has 0 atom stereocenters.